The Bertz CT molecular complexity index is 848. The first-order chi connectivity index (χ1) is 12.5. The minimum absolute atomic E-state index is 0.110. The molecule has 2 aromatic rings. The molecule has 8 heteroatoms. The fourth-order valence-corrected chi connectivity index (χ4v) is 2.47. The molecule has 0 atom stereocenters. The van der Waals surface area contributed by atoms with E-state index >= 15 is 0 Å². The number of carbonyl (C=O) groups is 2. The standard InChI is InChI=1S/C18H14F2N2O4/c1-2-25-15-9-11(7-8-14(15)26-18(19)20)10-21-22-16(23)12-5-3-4-6-13(12)17(22)24/h3-10,18H,2H2,1H3/b21-10-. The Morgan fingerprint density at radius 3 is 2.31 bits per heavy atom. The van der Waals surface area contributed by atoms with E-state index in [9.17, 15) is 18.4 Å². The van der Waals surface area contributed by atoms with Gasteiger partial charge in [-0.05, 0) is 42.8 Å². The summed E-state index contributed by atoms with van der Waals surface area (Å²) in [7, 11) is 0. The predicted octanol–water partition coefficient (Wildman–Crippen LogP) is 3.32. The number of benzene rings is 2. The van der Waals surface area contributed by atoms with E-state index in [-0.39, 0.29) is 29.2 Å². The summed E-state index contributed by atoms with van der Waals surface area (Å²) in [6.07, 6.45) is 1.27. The zero-order valence-corrected chi connectivity index (χ0v) is 13.7. The second kappa shape index (κ2) is 7.30. The lowest BCUT2D eigenvalue weighted by molar-refractivity contribution is -0.0514. The van der Waals surface area contributed by atoms with Gasteiger partial charge in [0.15, 0.2) is 11.5 Å². The summed E-state index contributed by atoms with van der Waals surface area (Å²) in [6, 6.07) is 10.6. The van der Waals surface area contributed by atoms with Crippen molar-refractivity contribution in [3.8, 4) is 11.5 Å². The van der Waals surface area contributed by atoms with Gasteiger partial charge >= 0.3 is 6.61 Å². The highest BCUT2D eigenvalue weighted by Gasteiger charge is 2.35. The van der Waals surface area contributed by atoms with E-state index in [4.69, 9.17) is 4.74 Å². The molecule has 0 aromatic heterocycles. The van der Waals surface area contributed by atoms with Crippen molar-refractivity contribution in [1.29, 1.82) is 0 Å². The van der Waals surface area contributed by atoms with Crippen LogP contribution in [0.4, 0.5) is 8.78 Å². The van der Waals surface area contributed by atoms with Gasteiger partial charge in [0.25, 0.3) is 11.8 Å². The summed E-state index contributed by atoms with van der Waals surface area (Å²) in [6.45, 7) is -1.03. The van der Waals surface area contributed by atoms with E-state index in [1.54, 1.807) is 31.2 Å². The van der Waals surface area contributed by atoms with Crippen LogP contribution in [0.5, 0.6) is 11.5 Å². The Labute approximate surface area is 147 Å². The van der Waals surface area contributed by atoms with Crippen LogP contribution in [0.2, 0.25) is 0 Å². The van der Waals surface area contributed by atoms with Crippen molar-refractivity contribution in [2.75, 3.05) is 6.61 Å². The second-order valence-electron chi connectivity index (χ2n) is 5.23. The first-order valence-electron chi connectivity index (χ1n) is 7.74. The molecule has 0 unspecified atom stereocenters. The third-order valence-electron chi connectivity index (χ3n) is 3.58. The average molecular weight is 360 g/mol. The van der Waals surface area contributed by atoms with Gasteiger partial charge < -0.3 is 9.47 Å². The number of alkyl halides is 2. The summed E-state index contributed by atoms with van der Waals surface area (Å²) >= 11 is 0. The molecule has 3 rings (SSSR count). The van der Waals surface area contributed by atoms with Gasteiger partial charge in [-0.15, -0.1) is 0 Å². The van der Waals surface area contributed by atoms with Crippen LogP contribution in [0.3, 0.4) is 0 Å². The average Bonchev–Trinajstić information content (AvgIpc) is 2.86. The van der Waals surface area contributed by atoms with E-state index in [1.807, 2.05) is 0 Å². The second-order valence-corrected chi connectivity index (χ2v) is 5.23. The molecule has 26 heavy (non-hydrogen) atoms. The maximum Gasteiger partial charge on any atom is 0.387 e. The number of amides is 2. The largest absolute Gasteiger partial charge is 0.490 e. The minimum atomic E-state index is -2.98. The summed E-state index contributed by atoms with van der Waals surface area (Å²) < 4.78 is 34.5. The molecule has 0 aliphatic carbocycles. The van der Waals surface area contributed by atoms with Gasteiger partial charge in [0.05, 0.1) is 23.9 Å². The van der Waals surface area contributed by atoms with Crippen LogP contribution in [-0.4, -0.2) is 36.3 Å². The third kappa shape index (κ3) is 3.39. The van der Waals surface area contributed by atoms with Crippen LogP contribution < -0.4 is 9.47 Å². The molecule has 6 nitrogen and oxygen atoms in total. The Morgan fingerprint density at radius 2 is 1.73 bits per heavy atom. The molecule has 0 saturated carbocycles. The number of hydrogen-bond acceptors (Lipinski definition) is 5. The van der Waals surface area contributed by atoms with E-state index in [2.05, 4.69) is 9.84 Å². The van der Waals surface area contributed by atoms with Gasteiger partial charge in [-0.2, -0.15) is 18.9 Å². The molecule has 0 spiro atoms. The van der Waals surface area contributed by atoms with Crippen molar-refractivity contribution in [2.45, 2.75) is 13.5 Å². The number of rotatable bonds is 6. The molecule has 2 aromatic carbocycles. The summed E-state index contributed by atoms with van der Waals surface area (Å²) in [5, 5.41) is 4.69. The normalized spacial score (nSPS) is 13.6. The molecule has 0 fully saturated rings. The highest BCUT2D eigenvalue weighted by atomic mass is 19.3. The molecule has 1 aliphatic rings. The minimum Gasteiger partial charge on any atom is -0.490 e. The molecule has 2 amide bonds. The number of hydrogen-bond donors (Lipinski definition) is 0. The van der Waals surface area contributed by atoms with Crippen molar-refractivity contribution < 1.29 is 27.8 Å². The smallest absolute Gasteiger partial charge is 0.387 e. The van der Waals surface area contributed by atoms with Crippen LogP contribution in [0.25, 0.3) is 0 Å². The molecule has 0 N–H and O–H groups in total. The van der Waals surface area contributed by atoms with Crippen LogP contribution in [0, 0.1) is 0 Å². The first-order valence-corrected chi connectivity index (χ1v) is 7.74. The van der Waals surface area contributed by atoms with Gasteiger partial charge in [-0.3, -0.25) is 9.59 Å². The Balaban J connectivity index is 1.84. The molecule has 1 heterocycles. The number of ether oxygens (including phenoxy) is 2. The molecule has 0 radical (unpaired) electrons. The first kappa shape index (κ1) is 17.5. The van der Waals surface area contributed by atoms with E-state index in [0.29, 0.717) is 5.56 Å². The van der Waals surface area contributed by atoms with E-state index in [1.165, 1.54) is 24.4 Å². The van der Waals surface area contributed by atoms with Crippen LogP contribution in [0.1, 0.15) is 33.2 Å². The Morgan fingerprint density at radius 1 is 1.08 bits per heavy atom. The molecule has 134 valence electrons. The van der Waals surface area contributed by atoms with Crippen LogP contribution in [-0.2, 0) is 0 Å². The molecule has 1 aliphatic heterocycles. The monoisotopic (exact) mass is 360 g/mol. The van der Waals surface area contributed by atoms with E-state index in [0.717, 1.165) is 5.01 Å². The van der Waals surface area contributed by atoms with Crippen molar-refractivity contribution in [3.63, 3.8) is 0 Å². The summed E-state index contributed by atoms with van der Waals surface area (Å²) in [4.78, 5) is 24.5. The molecule has 0 saturated heterocycles. The third-order valence-corrected chi connectivity index (χ3v) is 3.58. The zero-order valence-electron chi connectivity index (χ0n) is 13.7. The lowest BCUT2D eigenvalue weighted by Crippen LogP contribution is -2.24. The SMILES string of the molecule is CCOc1cc(/C=N\N2C(=O)c3ccccc3C2=O)ccc1OC(F)F. The van der Waals surface area contributed by atoms with Gasteiger partial charge in [0.1, 0.15) is 0 Å². The number of imide groups is 1. The number of nitrogens with zero attached hydrogens (tertiary/aromatic N) is 2. The molecule has 0 bridgehead atoms. The van der Waals surface area contributed by atoms with Crippen molar-refractivity contribution in [3.05, 3.63) is 59.2 Å². The summed E-state index contributed by atoms with van der Waals surface area (Å²) in [5.74, 6) is -1.05. The highest BCUT2D eigenvalue weighted by molar-refractivity contribution is 6.21. The van der Waals surface area contributed by atoms with Gasteiger partial charge in [-0.25, -0.2) is 0 Å². The molecular formula is C18H14F2N2O4. The van der Waals surface area contributed by atoms with E-state index < -0.39 is 18.4 Å². The predicted molar refractivity (Wildman–Crippen MR) is 88.8 cm³/mol. The zero-order chi connectivity index (χ0) is 18.7. The lowest BCUT2D eigenvalue weighted by Gasteiger charge is -2.12. The fraction of sp³-hybridized carbons (Fsp3) is 0.167. The fourth-order valence-electron chi connectivity index (χ4n) is 2.47. The number of fused-ring (bicyclic) bond motifs is 1. The Kier molecular flexibility index (Phi) is 4.92. The Hall–Kier alpha value is -3.29. The summed E-state index contributed by atoms with van der Waals surface area (Å²) in [5.41, 5.74) is 1.02. The lowest BCUT2D eigenvalue weighted by atomic mass is 10.1. The number of carbonyl (C=O) groups excluding carboxylic acids is 2. The van der Waals surface area contributed by atoms with Gasteiger partial charge in [0, 0.05) is 0 Å². The number of hydrazone groups is 1. The van der Waals surface area contributed by atoms with Crippen LogP contribution in [0.15, 0.2) is 47.6 Å². The van der Waals surface area contributed by atoms with Crippen molar-refractivity contribution in [1.82, 2.24) is 5.01 Å². The maximum atomic E-state index is 12.4. The highest BCUT2D eigenvalue weighted by Crippen LogP contribution is 2.29. The van der Waals surface area contributed by atoms with Gasteiger partial charge in [0.2, 0.25) is 0 Å². The maximum absolute atomic E-state index is 12.4. The van der Waals surface area contributed by atoms with Gasteiger partial charge in [-0.1, -0.05) is 12.1 Å². The quantitative estimate of drug-likeness (QED) is 0.585. The number of halogens is 2. The van der Waals surface area contributed by atoms with Crippen molar-refractivity contribution >= 4 is 18.0 Å². The van der Waals surface area contributed by atoms with Crippen LogP contribution >= 0.6 is 0 Å². The topological polar surface area (TPSA) is 68.2 Å². The molecular weight excluding hydrogens is 346 g/mol. The van der Waals surface area contributed by atoms with Crippen molar-refractivity contribution in [2.24, 2.45) is 5.10 Å².